The molecule has 36 heavy (non-hydrogen) atoms. The number of nitrogens with one attached hydrogen (secondary N) is 1. The van der Waals surface area contributed by atoms with Gasteiger partial charge in [-0.25, -0.2) is 14.1 Å². The fourth-order valence-electron chi connectivity index (χ4n) is 3.52. The van der Waals surface area contributed by atoms with Crippen LogP contribution in [0.4, 0.5) is 4.39 Å². The Morgan fingerprint density at radius 3 is 2.50 bits per heavy atom. The summed E-state index contributed by atoms with van der Waals surface area (Å²) in [6, 6.07) is 13.9. The van der Waals surface area contributed by atoms with Gasteiger partial charge >= 0.3 is 0 Å². The third-order valence-electron chi connectivity index (χ3n) is 5.28. The Morgan fingerprint density at radius 2 is 1.78 bits per heavy atom. The molecule has 0 fully saturated rings. The summed E-state index contributed by atoms with van der Waals surface area (Å²) >= 11 is 12.4. The van der Waals surface area contributed by atoms with Crippen LogP contribution in [0, 0.1) is 5.82 Å². The molecule has 3 N–H and O–H groups in total. The Bertz CT molecular complexity index is 1460. The zero-order valence-electron chi connectivity index (χ0n) is 18.5. The summed E-state index contributed by atoms with van der Waals surface area (Å²) in [4.78, 5) is 41.5. The minimum Gasteiger partial charge on any atom is -0.363 e. The van der Waals surface area contributed by atoms with E-state index in [1.54, 1.807) is 36.5 Å². The van der Waals surface area contributed by atoms with E-state index in [0.29, 0.717) is 26.9 Å². The third-order valence-corrected chi connectivity index (χ3v) is 6.10. The molecule has 0 aliphatic carbocycles. The van der Waals surface area contributed by atoms with Crippen LogP contribution in [0.3, 0.4) is 0 Å². The molecule has 8 nitrogen and oxygen atoms in total. The number of carbonyl (C=O) groups is 3. The van der Waals surface area contributed by atoms with Crippen molar-refractivity contribution in [3.8, 4) is 17.1 Å². The first kappa shape index (κ1) is 25.0. The highest BCUT2D eigenvalue weighted by atomic mass is 35.5. The lowest BCUT2D eigenvalue weighted by molar-refractivity contribution is -0.137. The number of halogens is 3. The quantitative estimate of drug-likeness (QED) is 0.339. The van der Waals surface area contributed by atoms with E-state index in [-0.39, 0.29) is 17.8 Å². The molecule has 0 spiro atoms. The summed E-state index contributed by atoms with van der Waals surface area (Å²) < 4.78 is 14.6. The number of nitrogens with two attached hydrogens (primary N) is 1. The molecule has 182 valence electrons. The number of ketones is 1. The third kappa shape index (κ3) is 5.42. The van der Waals surface area contributed by atoms with E-state index in [0.717, 1.165) is 0 Å². The van der Waals surface area contributed by atoms with E-state index in [1.807, 2.05) is 0 Å². The lowest BCUT2D eigenvalue weighted by Gasteiger charge is -2.17. The molecule has 2 aromatic heterocycles. The molecule has 1 atom stereocenters. The highest BCUT2D eigenvalue weighted by molar-refractivity contribution is 6.43. The number of hydrogen-bond acceptors (Lipinski definition) is 5. The minimum atomic E-state index is -1.27. The number of Topliss-reactive ketones (excluding diaryl/α,β-unsaturated/α-hetero) is 1. The van der Waals surface area contributed by atoms with Crippen molar-refractivity contribution in [2.24, 2.45) is 5.73 Å². The van der Waals surface area contributed by atoms with Crippen LogP contribution in [0.2, 0.25) is 10.0 Å². The highest BCUT2D eigenvalue weighted by Gasteiger charge is 2.27. The Kier molecular flexibility index (Phi) is 7.42. The van der Waals surface area contributed by atoms with Gasteiger partial charge in [0.2, 0.25) is 5.78 Å². The van der Waals surface area contributed by atoms with Gasteiger partial charge < -0.3 is 11.1 Å². The van der Waals surface area contributed by atoms with Gasteiger partial charge in [-0.05, 0) is 42.0 Å². The van der Waals surface area contributed by atoms with Crippen LogP contribution in [0.5, 0.6) is 0 Å². The van der Waals surface area contributed by atoms with Gasteiger partial charge in [-0.15, -0.1) is 0 Å². The maximum atomic E-state index is 13.3. The summed E-state index contributed by atoms with van der Waals surface area (Å²) in [5.41, 5.74) is 6.89. The first-order valence-electron chi connectivity index (χ1n) is 10.6. The predicted octanol–water partition coefficient (Wildman–Crippen LogP) is 3.78. The molecule has 2 heterocycles. The molecule has 2 aromatic carbocycles. The van der Waals surface area contributed by atoms with Gasteiger partial charge in [-0.1, -0.05) is 47.5 Å². The second-order valence-corrected chi connectivity index (χ2v) is 8.49. The molecule has 0 radical (unpaired) electrons. The predicted molar refractivity (Wildman–Crippen MR) is 132 cm³/mol. The van der Waals surface area contributed by atoms with Crippen LogP contribution >= 0.6 is 23.2 Å². The van der Waals surface area contributed by atoms with Crippen molar-refractivity contribution < 1.29 is 18.8 Å². The first-order chi connectivity index (χ1) is 17.2. The van der Waals surface area contributed by atoms with Crippen LogP contribution < -0.4 is 11.1 Å². The van der Waals surface area contributed by atoms with Gasteiger partial charge in [0.25, 0.3) is 11.8 Å². The van der Waals surface area contributed by atoms with E-state index in [9.17, 15) is 18.8 Å². The number of aromatic nitrogens is 3. The normalized spacial score (nSPS) is 11.6. The van der Waals surface area contributed by atoms with Crippen molar-refractivity contribution >= 4 is 40.8 Å². The Hall–Kier alpha value is -4.08. The van der Waals surface area contributed by atoms with E-state index < -0.39 is 29.5 Å². The molecule has 1 unspecified atom stereocenters. The number of nitrogens with zero attached hydrogens (tertiary/aromatic N) is 3. The topological polar surface area (TPSA) is 120 Å². The largest absolute Gasteiger partial charge is 0.363 e. The molecule has 4 aromatic rings. The first-order valence-corrected chi connectivity index (χ1v) is 11.3. The fourth-order valence-corrected chi connectivity index (χ4v) is 3.91. The summed E-state index contributed by atoms with van der Waals surface area (Å²) in [6.07, 6.45) is 3.00. The van der Waals surface area contributed by atoms with E-state index in [1.165, 1.54) is 41.2 Å². The lowest BCUT2D eigenvalue weighted by atomic mass is 10.0. The number of carbonyl (C=O) groups excluding carboxylic acids is 3. The van der Waals surface area contributed by atoms with Gasteiger partial charge in [0, 0.05) is 24.4 Å². The molecular weight excluding hydrogens is 508 g/mol. The maximum Gasteiger partial charge on any atom is 0.287 e. The smallest absolute Gasteiger partial charge is 0.287 e. The summed E-state index contributed by atoms with van der Waals surface area (Å²) in [7, 11) is 0. The van der Waals surface area contributed by atoms with Crippen molar-refractivity contribution in [2.45, 2.75) is 12.5 Å². The van der Waals surface area contributed by atoms with Crippen molar-refractivity contribution in [1.29, 1.82) is 0 Å². The standard InChI is InChI=1S/C25H18Cl2FN5O3/c26-18-5-1-3-16(21(18)27)19-10-12-33(32-19)24-17(4-2-11-30-24)25(36)31-20(22(34)23(29)35)13-14-6-8-15(28)9-7-14/h1-12,20H,13H2,(H2,29,35)(H,31,36). The SMILES string of the molecule is NC(=O)C(=O)C(Cc1ccc(F)cc1)NC(=O)c1cccnc1-n1ccc(-c2cccc(Cl)c2Cl)n1. The van der Waals surface area contributed by atoms with Crippen LogP contribution in [0.1, 0.15) is 15.9 Å². The molecule has 0 aliphatic heterocycles. The average molecular weight is 526 g/mol. The van der Waals surface area contributed by atoms with Gasteiger partial charge in [-0.3, -0.25) is 14.4 Å². The van der Waals surface area contributed by atoms with E-state index in [2.05, 4.69) is 15.4 Å². The molecule has 4 rings (SSSR count). The van der Waals surface area contributed by atoms with Crippen molar-refractivity contribution in [3.63, 3.8) is 0 Å². The van der Waals surface area contributed by atoms with Crippen LogP contribution in [0.25, 0.3) is 17.1 Å². The molecule has 0 saturated carbocycles. The van der Waals surface area contributed by atoms with Gasteiger partial charge in [0.15, 0.2) is 5.82 Å². The maximum absolute atomic E-state index is 13.3. The molecular formula is C25H18Cl2FN5O3. The molecule has 0 bridgehead atoms. The summed E-state index contributed by atoms with van der Waals surface area (Å²) in [5.74, 6) is -3.17. The summed E-state index contributed by atoms with van der Waals surface area (Å²) in [5, 5.41) is 7.71. The second-order valence-electron chi connectivity index (χ2n) is 7.71. The van der Waals surface area contributed by atoms with Crippen molar-refractivity contribution in [1.82, 2.24) is 20.1 Å². The number of benzene rings is 2. The van der Waals surface area contributed by atoms with Crippen molar-refractivity contribution in [2.75, 3.05) is 0 Å². The number of primary amides is 1. The highest BCUT2D eigenvalue weighted by Crippen LogP contribution is 2.32. The average Bonchev–Trinajstić information content (AvgIpc) is 3.36. The molecule has 11 heteroatoms. The van der Waals surface area contributed by atoms with Gasteiger partial charge in [-0.2, -0.15) is 5.10 Å². The molecule has 0 aliphatic rings. The van der Waals surface area contributed by atoms with Crippen LogP contribution in [0.15, 0.2) is 73.1 Å². The fraction of sp³-hybridized carbons (Fsp3) is 0.0800. The van der Waals surface area contributed by atoms with Gasteiger partial charge in [0.05, 0.1) is 21.3 Å². The minimum absolute atomic E-state index is 0.0669. The Morgan fingerprint density at radius 1 is 1.03 bits per heavy atom. The van der Waals surface area contributed by atoms with E-state index in [4.69, 9.17) is 28.9 Å². The van der Waals surface area contributed by atoms with Crippen LogP contribution in [-0.4, -0.2) is 38.4 Å². The number of hydrogen-bond donors (Lipinski definition) is 2. The Labute approximate surface area is 214 Å². The van der Waals surface area contributed by atoms with Gasteiger partial charge in [0.1, 0.15) is 11.9 Å². The monoisotopic (exact) mass is 525 g/mol. The lowest BCUT2D eigenvalue weighted by Crippen LogP contribution is -2.47. The number of amides is 2. The van der Waals surface area contributed by atoms with Crippen molar-refractivity contribution in [3.05, 3.63) is 100 Å². The van der Waals surface area contributed by atoms with E-state index >= 15 is 0 Å². The number of rotatable bonds is 8. The zero-order valence-corrected chi connectivity index (χ0v) is 20.0. The van der Waals surface area contributed by atoms with Crippen LogP contribution in [-0.2, 0) is 16.0 Å². The molecule has 0 saturated heterocycles. The summed E-state index contributed by atoms with van der Waals surface area (Å²) in [6.45, 7) is 0. The molecule has 2 amide bonds. The Balaban J connectivity index is 1.63. The number of pyridine rings is 1. The zero-order chi connectivity index (χ0) is 25.8. The second kappa shape index (κ2) is 10.7.